The molecule has 6 nitrogen and oxygen atoms in total. The number of carbonyl (C=O) groups excluding carboxylic acids is 1. The van der Waals surface area contributed by atoms with E-state index in [1.165, 1.54) is 0 Å². The number of hydrogen-bond acceptors (Lipinski definition) is 5. The highest BCUT2D eigenvalue weighted by molar-refractivity contribution is 5.92. The standard InChI is InChI=1S/C17H22N4O2/c1-3-4-10-18-17-19-11-9-14(21-17)16(22)20-12-13-7-5-6-8-15(13)23-2/h5-9,11H,3-4,10,12H2,1-2H3,(H,20,22)(H,18,19,21). The second kappa shape index (κ2) is 8.73. The van der Waals surface area contributed by atoms with Crippen molar-refractivity contribution in [1.29, 1.82) is 0 Å². The zero-order valence-corrected chi connectivity index (χ0v) is 13.5. The van der Waals surface area contributed by atoms with Gasteiger partial charge < -0.3 is 15.4 Å². The molecule has 2 rings (SSSR count). The minimum atomic E-state index is -0.239. The molecular weight excluding hydrogens is 292 g/mol. The number of aromatic nitrogens is 2. The third-order valence-electron chi connectivity index (χ3n) is 3.33. The number of benzene rings is 1. The van der Waals surface area contributed by atoms with Gasteiger partial charge in [-0.25, -0.2) is 9.97 Å². The van der Waals surface area contributed by atoms with E-state index in [4.69, 9.17) is 4.74 Å². The molecule has 0 fully saturated rings. The van der Waals surface area contributed by atoms with E-state index < -0.39 is 0 Å². The average molecular weight is 314 g/mol. The summed E-state index contributed by atoms with van der Waals surface area (Å²) < 4.78 is 5.27. The molecule has 122 valence electrons. The molecule has 6 heteroatoms. The van der Waals surface area contributed by atoms with Crippen LogP contribution in [0.4, 0.5) is 5.95 Å². The van der Waals surface area contributed by atoms with Crippen LogP contribution in [-0.4, -0.2) is 29.5 Å². The maximum atomic E-state index is 12.2. The lowest BCUT2D eigenvalue weighted by molar-refractivity contribution is 0.0945. The van der Waals surface area contributed by atoms with Crippen LogP contribution in [0.5, 0.6) is 5.75 Å². The van der Waals surface area contributed by atoms with Crippen LogP contribution in [0.2, 0.25) is 0 Å². The molecule has 1 aromatic heterocycles. The van der Waals surface area contributed by atoms with Gasteiger partial charge in [0.15, 0.2) is 0 Å². The molecule has 23 heavy (non-hydrogen) atoms. The number of methoxy groups -OCH3 is 1. The number of anilines is 1. The predicted octanol–water partition coefficient (Wildman–Crippen LogP) is 2.63. The summed E-state index contributed by atoms with van der Waals surface area (Å²) in [4.78, 5) is 20.6. The number of nitrogens with one attached hydrogen (secondary N) is 2. The van der Waals surface area contributed by atoms with Crippen molar-refractivity contribution < 1.29 is 9.53 Å². The van der Waals surface area contributed by atoms with Gasteiger partial charge in [0.05, 0.1) is 7.11 Å². The van der Waals surface area contributed by atoms with E-state index in [9.17, 15) is 4.79 Å². The summed E-state index contributed by atoms with van der Waals surface area (Å²) in [6, 6.07) is 9.18. The first kappa shape index (κ1) is 16.7. The van der Waals surface area contributed by atoms with E-state index in [1.54, 1.807) is 19.4 Å². The molecule has 0 aliphatic heterocycles. The summed E-state index contributed by atoms with van der Waals surface area (Å²) in [5.41, 5.74) is 1.26. The first-order chi connectivity index (χ1) is 11.2. The van der Waals surface area contributed by atoms with E-state index >= 15 is 0 Å². The maximum absolute atomic E-state index is 12.2. The van der Waals surface area contributed by atoms with Crippen LogP contribution in [0.3, 0.4) is 0 Å². The number of nitrogens with zero attached hydrogens (tertiary/aromatic N) is 2. The van der Waals surface area contributed by atoms with Gasteiger partial charge in [0.25, 0.3) is 5.91 Å². The zero-order valence-electron chi connectivity index (χ0n) is 13.5. The van der Waals surface area contributed by atoms with Crippen molar-refractivity contribution in [2.24, 2.45) is 0 Å². The molecule has 1 heterocycles. The summed E-state index contributed by atoms with van der Waals surface area (Å²) in [5.74, 6) is 0.984. The van der Waals surface area contributed by atoms with Crippen molar-refractivity contribution in [2.45, 2.75) is 26.3 Å². The molecule has 0 saturated carbocycles. The van der Waals surface area contributed by atoms with E-state index in [-0.39, 0.29) is 5.91 Å². The Balaban J connectivity index is 1.96. The number of para-hydroxylation sites is 1. The van der Waals surface area contributed by atoms with Crippen LogP contribution in [0.15, 0.2) is 36.5 Å². The van der Waals surface area contributed by atoms with Crippen molar-refractivity contribution >= 4 is 11.9 Å². The fourth-order valence-electron chi connectivity index (χ4n) is 2.06. The van der Waals surface area contributed by atoms with Gasteiger partial charge in [-0.15, -0.1) is 0 Å². The highest BCUT2D eigenvalue weighted by atomic mass is 16.5. The quantitative estimate of drug-likeness (QED) is 0.733. The molecule has 0 spiro atoms. The first-order valence-corrected chi connectivity index (χ1v) is 7.71. The van der Waals surface area contributed by atoms with Gasteiger partial charge in [0, 0.05) is 24.8 Å². The van der Waals surface area contributed by atoms with Crippen LogP contribution >= 0.6 is 0 Å². The molecule has 0 aliphatic carbocycles. The van der Waals surface area contributed by atoms with Crippen LogP contribution in [0.25, 0.3) is 0 Å². The van der Waals surface area contributed by atoms with Crippen molar-refractivity contribution in [3.63, 3.8) is 0 Å². The van der Waals surface area contributed by atoms with E-state index in [2.05, 4.69) is 27.5 Å². The van der Waals surface area contributed by atoms with Gasteiger partial charge in [-0.05, 0) is 18.6 Å². The van der Waals surface area contributed by atoms with Gasteiger partial charge >= 0.3 is 0 Å². The molecule has 0 radical (unpaired) electrons. The van der Waals surface area contributed by atoms with Crippen molar-refractivity contribution in [2.75, 3.05) is 19.0 Å². The lowest BCUT2D eigenvalue weighted by Crippen LogP contribution is -2.24. The minimum Gasteiger partial charge on any atom is -0.496 e. The van der Waals surface area contributed by atoms with Crippen molar-refractivity contribution in [3.05, 3.63) is 47.8 Å². The van der Waals surface area contributed by atoms with E-state index in [0.29, 0.717) is 18.2 Å². The Bertz CT molecular complexity index is 646. The summed E-state index contributed by atoms with van der Waals surface area (Å²) in [7, 11) is 1.61. The molecule has 0 unspecified atom stereocenters. The SMILES string of the molecule is CCCCNc1nccc(C(=O)NCc2ccccc2OC)n1. The molecule has 0 bridgehead atoms. The van der Waals surface area contributed by atoms with Crippen LogP contribution in [0, 0.1) is 0 Å². The summed E-state index contributed by atoms with van der Waals surface area (Å²) in [5, 5.41) is 5.96. The third-order valence-corrected chi connectivity index (χ3v) is 3.33. The molecular formula is C17H22N4O2. The Hall–Kier alpha value is -2.63. The van der Waals surface area contributed by atoms with E-state index in [1.807, 2.05) is 24.3 Å². The van der Waals surface area contributed by atoms with Gasteiger partial charge in [-0.3, -0.25) is 4.79 Å². The molecule has 1 aromatic carbocycles. The average Bonchev–Trinajstić information content (AvgIpc) is 2.60. The number of carbonyl (C=O) groups is 1. The largest absolute Gasteiger partial charge is 0.496 e. The number of unbranched alkanes of at least 4 members (excludes halogenated alkanes) is 1. The third kappa shape index (κ3) is 4.95. The predicted molar refractivity (Wildman–Crippen MR) is 89.6 cm³/mol. The Morgan fingerprint density at radius 1 is 1.26 bits per heavy atom. The maximum Gasteiger partial charge on any atom is 0.270 e. The number of amides is 1. The molecule has 0 atom stereocenters. The Morgan fingerprint density at radius 2 is 2.09 bits per heavy atom. The van der Waals surface area contributed by atoms with Crippen LogP contribution in [-0.2, 0) is 6.54 Å². The first-order valence-electron chi connectivity index (χ1n) is 7.71. The van der Waals surface area contributed by atoms with Crippen molar-refractivity contribution in [1.82, 2.24) is 15.3 Å². The smallest absolute Gasteiger partial charge is 0.270 e. The topological polar surface area (TPSA) is 76.1 Å². The van der Waals surface area contributed by atoms with Gasteiger partial charge in [0.1, 0.15) is 11.4 Å². The molecule has 2 N–H and O–H groups in total. The molecule has 0 aliphatic rings. The highest BCUT2D eigenvalue weighted by Gasteiger charge is 2.10. The highest BCUT2D eigenvalue weighted by Crippen LogP contribution is 2.16. The summed E-state index contributed by atoms with van der Waals surface area (Å²) in [6.45, 7) is 3.29. The lowest BCUT2D eigenvalue weighted by atomic mass is 10.2. The van der Waals surface area contributed by atoms with Crippen LogP contribution in [0.1, 0.15) is 35.8 Å². The lowest BCUT2D eigenvalue weighted by Gasteiger charge is -2.10. The van der Waals surface area contributed by atoms with Gasteiger partial charge in [0.2, 0.25) is 5.95 Å². The van der Waals surface area contributed by atoms with Gasteiger partial charge in [-0.2, -0.15) is 0 Å². The Kier molecular flexibility index (Phi) is 6.35. The second-order valence-electron chi connectivity index (χ2n) is 5.04. The molecule has 2 aromatic rings. The number of hydrogen-bond donors (Lipinski definition) is 2. The summed E-state index contributed by atoms with van der Waals surface area (Å²) >= 11 is 0. The Labute approximate surface area is 136 Å². The fraction of sp³-hybridized carbons (Fsp3) is 0.353. The minimum absolute atomic E-state index is 0.239. The van der Waals surface area contributed by atoms with Crippen molar-refractivity contribution in [3.8, 4) is 5.75 Å². The monoisotopic (exact) mass is 314 g/mol. The molecule has 0 saturated heterocycles. The van der Waals surface area contributed by atoms with E-state index in [0.717, 1.165) is 30.7 Å². The molecule has 1 amide bonds. The second-order valence-corrected chi connectivity index (χ2v) is 5.04. The van der Waals surface area contributed by atoms with Gasteiger partial charge in [-0.1, -0.05) is 31.5 Å². The zero-order chi connectivity index (χ0) is 16.5. The number of ether oxygens (including phenoxy) is 1. The van der Waals surface area contributed by atoms with Crippen LogP contribution < -0.4 is 15.4 Å². The fourth-order valence-corrected chi connectivity index (χ4v) is 2.06. The number of rotatable bonds is 8. The Morgan fingerprint density at radius 3 is 2.87 bits per heavy atom. The summed E-state index contributed by atoms with van der Waals surface area (Å²) in [6.07, 6.45) is 3.71. The normalized spacial score (nSPS) is 10.2.